The van der Waals surface area contributed by atoms with Crippen LogP contribution in [0.5, 0.6) is 0 Å². The maximum Gasteiger partial charge on any atom is 0.142 e. The Morgan fingerprint density at radius 3 is 2.80 bits per heavy atom. The van der Waals surface area contributed by atoms with Gasteiger partial charge in [0.15, 0.2) is 0 Å². The van der Waals surface area contributed by atoms with Crippen LogP contribution in [0, 0.1) is 11.3 Å². The summed E-state index contributed by atoms with van der Waals surface area (Å²) < 4.78 is 1.69. The predicted octanol–water partition coefficient (Wildman–Crippen LogP) is 1.54. The monoisotopic (exact) mass is 277 g/mol. The largest absolute Gasteiger partial charge is 0.396 e. The summed E-state index contributed by atoms with van der Waals surface area (Å²) in [5, 5.41) is 29.6. The van der Waals surface area contributed by atoms with Crippen LogP contribution in [0.3, 0.4) is 0 Å². The summed E-state index contributed by atoms with van der Waals surface area (Å²) in [6.45, 7) is 0.766. The van der Waals surface area contributed by atoms with E-state index >= 15 is 0 Å². The first-order chi connectivity index (χ1) is 9.83. The molecule has 1 aromatic heterocycles. The molecule has 2 N–H and O–H groups in total. The summed E-state index contributed by atoms with van der Waals surface area (Å²) >= 11 is 0. The average Bonchev–Trinajstić information content (AvgIpc) is 2.78. The molecule has 1 aliphatic carbocycles. The van der Waals surface area contributed by atoms with Crippen LogP contribution in [0.4, 0.5) is 0 Å². The van der Waals surface area contributed by atoms with Crippen molar-refractivity contribution in [1.82, 2.24) is 20.3 Å². The van der Waals surface area contributed by atoms with Gasteiger partial charge >= 0.3 is 0 Å². The number of nitriles is 1. The zero-order valence-electron chi connectivity index (χ0n) is 11.8. The third-order valence-electron chi connectivity index (χ3n) is 3.78. The van der Waals surface area contributed by atoms with Crippen molar-refractivity contribution < 1.29 is 5.11 Å². The lowest BCUT2D eigenvalue weighted by Gasteiger charge is -2.18. The molecule has 1 heterocycles. The van der Waals surface area contributed by atoms with Gasteiger partial charge < -0.3 is 5.11 Å². The highest BCUT2D eigenvalue weighted by Gasteiger charge is 2.20. The zero-order chi connectivity index (χ0) is 14.2. The molecule has 110 valence electrons. The van der Waals surface area contributed by atoms with Crippen molar-refractivity contribution in [2.75, 3.05) is 6.61 Å². The molecule has 0 spiro atoms. The molecule has 1 unspecified atom stereocenters. The van der Waals surface area contributed by atoms with Gasteiger partial charge in [-0.3, -0.25) is 10.00 Å². The highest BCUT2D eigenvalue weighted by Crippen LogP contribution is 2.20. The fraction of sp³-hybridized carbons (Fsp3) is 0.786. The van der Waals surface area contributed by atoms with Crippen molar-refractivity contribution >= 4 is 0 Å². The van der Waals surface area contributed by atoms with Gasteiger partial charge in [-0.1, -0.05) is 30.9 Å². The second-order valence-corrected chi connectivity index (χ2v) is 5.40. The first-order valence-electron chi connectivity index (χ1n) is 7.50. The highest BCUT2D eigenvalue weighted by molar-refractivity contribution is 5.11. The SMILES string of the molecule is N#CC(NC1CCCCCC1)c1cn(CCCO)nn1. The number of rotatable bonds is 6. The van der Waals surface area contributed by atoms with Gasteiger partial charge in [0, 0.05) is 19.2 Å². The number of aliphatic hydroxyl groups excluding tert-OH is 1. The van der Waals surface area contributed by atoms with Crippen LogP contribution in [0.15, 0.2) is 6.20 Å². The van der Waals surface area contributed by atoms with Crippen LogP contribution in [-0.4, -0.2) is 32.7 Å². The van der Waals surface area contributed by atoms with Gasteiger partial charge in [-0.2, -0.15) is 5.26 Å². The van der Waals surface area contributed by atoms with E-state index < -0.39 is 0 Å². The minimum Gasteiger partial charge on any atom is -0.396 e. The maximum absolute atomic E-state index is 9.34. The van der Waals surface area contributed by atoms with Crippen LogP contribution >= 0.6 is 0 Å². The van der Waals surface area contributed by atoms with E-state index in [9.17, 15) is 5.26 Å². The number of nitrogens with one attached hydrogen (secondary N) is 1. The average molecular weight is 277 g/mol. The Morgan fingerprint density at radius 2 is 2.15 bits per heavy atom. The fourth-order valence-corrected chi connectivity index (χ4v) is 2.66. The van der Waals surface area contributed by atoms with E-state index in [0.717, 1.165) is 12.8 Å². The molecule has 1 aliphatic rings. The Hall–Kier alpha value is -1.45. The van der Waals surface area contributed by atoms with E-state index in [2.05, 4.69) is 21.7 Å². The van der Waals surface area contributed by atoms with Crippen molar-refractivity contribution in [2.24, 2.45) is 0 Å². The minimum absolute atomic E-state index is 0.136. The molecule has 6 heteroatoms. The second kappa shape index (κ2) is 7.98. The molecule has 0 aromatic carbocycles. The van der Waals surface area contributed by atoms with Gasteiger partial charge in [0.2, 0.25) is 0 Å². The molecule has 0 bridgehead atoms. The van der Waals surface area contributed by atoms with Gasteiger partial charge in [-0.25, -0.2) is 0 Å². The van der Waals surface area contributed by atoms with E-state index in [4.69, 9.17) is 5.11 Å². The lowest BCUT2D eigenvalue weighted by molar-refractivity contribution is 0.276. The van der Waals surface area contributed by atoms with E-state index in [1.807, 2.05) is 0 Å². The molecule has 1 fully saturated rings. The topological polar surface area (TPSA) is 86.8 Å². The van der Waals surface area contributed by atoms with E-state index in [1.165, 1.54) is 25.7 Å². The smallest absolute Gasteiger partial charge is 0.142 e. The molecule has 2 rings (SSSR count). The molecule has 20 heavy (non-hydrogen) atoms. The highest BCUT2D eigenvalue weighted by atomic mass is 16.3. The van der Waals surface area contributed by atoms with Crippen LogP contribution < -0.4 is 5.32 Å². The van der Waals surface area contributed by atoms with E-state index in [-0.39, 0.29) is 12.6 Å². The fourth-order valence-electron chi connectivity index (χ4n) is 2.66. The van der Waals surface area contributed by atoms with Gasteiger partial charge in [0.05, 0.1) is 12.3 Å². The summed E-state index contributed by atoms with van der Waals surface area (Å²) in [4.78, 5) is 0. The molecule has 1 atom stereocenters. The Balaban J connectivity index is 1.93. The summed E-state index contributed by atoms with van der Waals surface area (Å²) in [6.07, 6.45) is 9.79. The molecule has 0 radical (unpaired) electrons. The normalized spacial score (nSPS) is 18.4. The van der Waals surface area contributed by atoms with E-state index in [0.29, 0.717) is 24.7 Å². The van der Waals surface area contributed by atoms with Crippen molar-refractivity contribution in [3.8, 4) is 6.07 Å². The Morgan fingerprint density at radius 1 is 1.40 bits per heavy atom. The summed E-state index contributed by atoms with van der Waals surface area (Å²) in [6, 6.07) is 2.30. The quantitative estimate of drug-likeness (QED) is 0.770. The predicted molar refractivity (Wildman–Crippen MR) is 74.7 cm³/mol. The summed E-state index contributed by atoms with van der Waals surface area (Å²) in [5.41, 5.74) is 0.676. The third-order valence-corrected chi connectivity index (χ3v) is 3.78. The van der Waals surface area contributed by atoms with Gasteiger partial charge in [-0.15, -0.1) is 5.10 Å². The van der Waals surface area contributed by atoms with Gasteiger partial charge in [0.25, 0.3) is 0 Å². The lowest BCUT2D eigenvalue weighted by Crippen LogP contribution is -2.32. The lowest BCUT2D eigenvalue weighted by atomic mass is 10.1. The third kappa shape index (κ3) is 4.29. The summed E-state index contributed by atoms with van der Waals surface area (Å²) in [7, 11) is 0. The van der Waals surface area contributed by atoms with Gasteiger partial charge in [-0.05, 0) is 19.3 Å². The van der Waals surface area contributed by atoms with Crippen molar-refractivity contribution in [1.29, 1.82) is 5.26 Å². The number of aromatic nitrogens is 3. The maximum atomic E-state index is 9.34. The minimum atomic E-state index is -0.388. The first kappa shape index (κ1) is 14.9. The van der Waals surface area contributed by atoms with Crippen LogP contribution in [0.25, 0.3) is 0 Å². The van der Waals surface area contributed by atoms with Crippen LogP contribution in [0.1, 0.15) is 56.7 Å². The van der Waals surface area contributed by atoms with Crippen LogP contribution in [-0.2, 0) is 6.54 Å². The van der Waals surface area contributed by atoms with Crippen molar-refractivity contribution in [3.63, 3.8) is 0 Å². The first-order valence-corrected chi connectivity index (χ1v) is 7.50. The molecule has 6 nitrogen and oxygen atoms in total. The standard InChI is InChI=1S/C14H23N5O/c15-10-13(16-12-6-3-1-2-4-7-12)14-11-19(18-17-14)8-5-9-20/h11-13,16,20H,1-9H2. The summed E-state index contributed by atoms with van der Waals surface area (Å²) in [5.74, 6) is 0. The molecule has 0 aliphatic heterocycles. The molecule has 0 amide bonds. The Bertz CT molecular complexity index is 431. The number of nitrogens with zero attached hydrogens (tertiary/aromatic N) is 4. The Kier molecular flexibility index (Phi) is 5.96. The van der Waals surface area contributed by atoms with Gasteiger partial charge in [0.1, 0.15) is 11.7 Å². The molecule has 1 saturated carbocycles. The second-order valence-electron chi connectivity index (χ2n) is 5.40. The van der Waals surface area contributed by atoms with Crippen LogP contribution in [0.2, 0.25) is 0 Å². The zero-order valence-corrected chi connectivity index (χ0v) is 11.8. The number of hydrogen-bond acceptors (Lipinski definition) is 5. The number of aliphatic hydroxyl groups is 1. The molecule has 1 aromatic rings. The van der Waals surface area contributed by atoms with E-state index in [1.54, 1.807) is 10.9 Å². The molecular formula is C14H23N5O. The number of aryl methyl sites for hydroxylation is 1. The molecule has 0 saturated heterocycles. The number of hydrogen-bond donors (Lipinski definition) is 2. The molecular weight excluding hydrogens is 254 g/mol. The van der Waals surface area contributed by atoms with Crippen molar-refractivity contribution in [3.05, 3.63) is 11.9 Å². The van der Waals surface area contributed by atoms with Crippen molar-refractivity contribution in [2.45, 2.75) is 63.6 Å². The Labute approximate surface area is 119 Å².